The molecule has 0 aliphatic heterocycles. The Morgan fingerprint density at radius 1 is 1.25 bits per heavy atom. The van der Waals surface area contributed by atoms with Gasteiger partial charge >= 0.3 is 7.12 Å². The molecule has 0 amide bonds. The number of hydrogen-bond donors (Lipinski definition) is 2. The summed E-state index contributed by atoms with van der Waals surface area (Å²) in [7, 11) is 0.594. The van der Waals surface area contributed by atoms with Crippen LogP contribution in [0.15, 0.2) is 41.8 Å². The molecular formula is C14H18BNO3S. The predicted octanol–water partition coefficient (Wildman–Crippen LogP) is 0.939. The molecule has 0 atom stereocenters. The molecule has 6 heteroatoms. The maximum Gasteiger partial charge on any atom is 0.488 e. The number of likely N-dealkylation sites (N-methyl/N-ethyl adjacent to an activating group) is 1. The van der Waals surface area contributed by atoms with Gasteiger partial charge in [-0.1, -0.05) is 18.2 Å². The Kier molecular flexibility index (Phi) is 5.61. The maximum absolute atomic E-state index is 9.10. The highest BCUT2D eigenvalue weighted by Gasteiger charge is 2.11. The van der Waals surface area contributed by atoms with Crippen LogP contribution in [0.25, 0.3) is 0 Å². The summed E-state index contributed by atoms with van der Waals surface area (Å²) >= 11 is 1.75. The highest BCUT2D eigenvalue weighted by atomic mass is 32.1. The average Bonchev–Trinajstić information content (AvgIpc) is 2.92. The molecule has 1 aromatic heterocycles. The summed E-state index contributed by atoms with van der Waals surface area (Å²) < 4.78 is 5.63. The van der Waals surface area contributed by atoms with Crippen molar-refractivity contribution >= 4 is 23.9 Å². The van der Waals surface area contributed by atoms with Crippen LogP contribution >= 0.6 is 11.3 Å². The number of nitrogens with zero attached hydrogens (tertiary/aromatic N) is 1. The van der Waals surface area contributed by atoms with Crippen molar-refractivity contribution < 1.29 is 14.8 Å². The number of ether oxygens (including phenoxy) is 1. The lowest BCUT2D eigenvalue weighted by Gasteiger charge is -2.16. The minimum Gasteiger partial charge on any atom is -0.492 e. The third-order valence-corrected chi connectivity index (χ3v) is 3.76. The largest absolute Gasteiger partial charge is 0.492 e. The van der Waals surface area contributed by atoms with Crippen molar-refractivity contribution in [3.8, 4) is 5.75 Å². The Bertz CT molecular complexity index is 519. The Morgan fingerprint density at radius 2 is 2.10 bits per heavy atom. The Labute approximate surface area is 123 Å². The normalized spacial score (nSPS) is 10.8. The number of hydrogen-bond acceptors (Lipinski definition) is 5. The third-order valence-electron chi connectivity index (χ3n) is 2.90. The van der Waals surface area contributed by atoms with Gasteiger partial charge in [-0.05, 0) is 36.1 Å². The second-order valence-corrected chi connectivity index (χ2v) is 5.64. The zero-order chi connectivity index (χ0) is 14.4. The molecule has 2 N–H and O–H groups in total. The van der Waals surface area contributed by atoms with Crippen molar-refractivity contribution in [1.82, 2.24) is 4.90 Å². The first-order chi connectivity index (χ1) is 9.65. The van der Waals surface area contributed by atoms with E-state index >= 15 is 0 Å². The summed E-state index contributed by atoms with van der Waals surface area (Å²) in [6.45, 7) is 2.28. The van der Waals surface area contributed by atoms with Crippen molar-refractivity contribution in [1.29, 1.82) is 0 Å². The third kappa shape index (κ3) is 4.65. The lowest BCUT2D eigenvalue weighted by molar-refractivity contribution is 0.234. The van der Waals surface area contributed by atoms with Crippen LogP contribution in [-0.2, 0) is 6.54 Å². The standard InChI is InChI=1S/C14H18BNO3S/c1-16(11-14-6-3-9-20-14)7-8-19-13-5-2-4-12(10-13)15(17)18/h2-6,9-10,17-18H,7-8,11H2,1H3. The first-order valence-electron chi connectivity index (χ1n) is 6.45. The Balaban J connectivity index is 1.76. The lowest BCUT2D eigenvalue weighted by Crippen LogP contribution is -2.29. The number of benzene rings is 1. The monoisotopic (exact) mass is 291 g/mol. The smallest absolute Gasteiger partial charge is 0.488 e. The molecule has 1 aromatic carbocycles. The van der Waals surface area contributed by atoms with Crippen molar-refractivity contribution in [3.63, 3.8) is 0 Å². The molecule has 0 aliphatic rings. The molecule has 0 aliphatic carbocycles. The van der Waals surface area contributed by atoms with Gasteiger partial charge in [0.1, 0.15) is 12.4 Å². The summed E-state index contributed by atoms with van der Waals surface area (Å²) in [6.07, 6.45) is 0. The fourth-order valence-electron chi connectivity index (χ4n) is 1.83. The van der Waals surface area contributed by atoms with Gasteiger partial charge in [-0.25, -0.2) is 0 Å². The van der Waals surface area contributed by atoms with E-state index in [1.54, 1.807) is 29.5 Å². The highest BCUT2D eigenvalue weighted by Crippen LogP contribution is 2.11. The van der Waals surface area contributed by atoms with Gasteiger partial charge in [0.05, 0.1) is 0 Å². The average molecular weight is 291 g/mol. The van der Waals surface area contributed by atoms with Crippen LogP contribution in [0, 0.1) is 0 Å². The van der Waals surface area contributed by atoms with Crippen molar-refractivity contribution in [3.05, 3.63) is 46.7 Å². The Hall–Kier alpha value is -1.34. The van der Waals surface area contributed by atoms with Gasteiger partial charge in [-0.15, -0.1) is 11.3 Å². The highest BCUT2D eigenvalue weighted by molar-refractivity contribution is 7.09. The van der Waals surface area contributed by atoms with E-state index < -0.39 is 7.12 Å². The lowest BCUT2D eigenvalue weighted by atomic mass is 9.80. The molecule has 0 fully saturated rings. The molecule has 0 unspecified atom stereocenters. The van der Waals surface area contributed by atoms with Crippen LogP contribution < -0.4 is 10.2 Å². The van der Waals surface area contributed by atoms with Crippen LogP contribution in [0.3, 0.4) is 0 Å². The summed E-state index contributed by atoms with van der Waals surface area (Å²) in [4.78, 5) is 3.52. The second kappa shape index (κ2) is 7.45. The van der Waals surface area contributed by atoms with Crippen LogP contribution in [0.2, 0.25) is 0 Å². The zero-order valence-corrected chi connectivity index (χ0v) is 12.2. The van der Waals surface area contributed by atoms with Crippen LogP contribution in [-0.4, -0.2) is 42.3 Å². The molecule has 0 radical (unpaired) electrons. The van der Waals surface area contributed by atoms with Gasteiger partial charge in [-0.2, -0.15) is 0 Å². The SMILES string of the molecule is CN(CCOc1cccc(B(O)O)c1)Cc1cccs1. The van der Waals surface area contributed by atoms with Gasteiger partial charge in [0.25, 0.3) is 0 Å². The van der Waals surface area contributed by atoms with E-state index in [-0.39, 0.29) is 0 Å². The fraction of sp³-hybridized carbons (Fsp3) is 0.286. The molecule has 20 heavy (non-hydrogen) atoms. The van der Waals surface area contributed by atoms with Crippen LogP contribution in [0.5, 0.6) is 5.75 Å². The first-order valence-corrected chi connectivity index (χ1v) is 7.33. The summed E-state index contributed by atoms with van der Waals surface area (Å²) in [5.41, 5.74) is 0.439. The zero-order valence-electron chi connectivity index (χ0n) is 11.4. The molecular weight excluding hydrogens is 273 g/mol. The molecule has 4 nitrogen and oxygen atoms in total. The molecule has 0 spiro atoms. The van der Waals surface area contributed by atoms with Crippen LogP contribution in [0.4, 0.5) is 0 Å². The molecule has 106 valence electrons. The topological polar surface area (TPSA) is 52.9 Å². The van der Waals surface area contributed by atoms with E-state index in [1.165, 1.54) is 4.88 Å². The molecule has 0 bridgehead atoms. The van der Waals surface area contributed by atoms with E-state index in [4.69, 9.17) is 14.8 Å². The molecule has 2 rings (SSSR count). The minimum absolute atomic E-state index is 0.439. The molecule has 0 saturated heterocycles. The number of thiophene rings is 1. The molecule has 0 saturated carbocycles. The number of rotatable bonds is 7. The van der Waals surface area contributed by atoms with E-state index in [1.807, 2.05) is 6.07 Å². The van der Waals surface area contributed by atoms with E-state index in [2.05, 4.69) is 29.5 Å². The van der Waals surface area contributed by atoms with Gasteiger partial charge in [0.2, 0.25) is 0 Å². The van der Waals surface area contributed by atoms with Crippen molar-refractivity contribution in [2.75, 3.05) is 20.2 Å². The molecule has 2 aromatic rings. The van der Waals surface area contributed by atoms with E-state index in [9.17, 15) is 0 Å². The first kappa shape index (κ1) is 15.1. The predicted molar refractivity (Wildman–Crippen MR) is 82.4 cm³/mol. The van der Waals surface area contributed by atoms with Crippen molar-refractivity contribution in [2.24, 2.45) is 0 Å². The quantitative estimate of drug-likeness (QED) is 0.746. The summed E-state index contributed by atoms with van der Waals surface area (Å²) in [5.74, 6) is 0.653. The van der Waals surface area contributed by atoms with Crippen LogP contribution in [0.1, 0.15) is 4.88 Å². The molecule has 1 heterocycles. The summed E-state index contributed by atoms with van der Waals surface area (Å²) in [5, 5.41) is 20.3. The fourth-order valence-corrected chi connectivity index (χ4v) is 2.62. The Morgan fingerprint density at radius 3 is 2.80 bits per heavy atom. The van der Waals surface area contributed by atoms with Gasteiger partial charge in [0, 0.05) is 18.0 Å². The second-order valence-electron chi connectivity index (χ2n) is 4.61. The maximum atomic E-state index is 9.10. The minimum atomic E-state index is -1.46. The van der Waals surface area contributed by atoms with Gasteiger partial charge < -0.3 is 14.8 Å². The van der Waals surface area contributed by atoms with E-state index in [0.29, 0.717) is 17.8 Å². The van der Waals surface area contributed by atoms with Gasteiger partial charge in [-0.3, -0.25) is 4.90 Å². The summed E-state index contributed by atoms with van der Waals surface area (Å²) in [6, 6.07) is 11.0. The van der Waals surface area contributed by atoms with Gasteiger partial charge in [0.15, 0.2) is 0 Å². The van der Waals surface area contributed by atoms with E-state index in [0.717, 1.165) is 13.1 Å². The van der Waals surface area contributed by atoms with Crippen molar-refractivity contribution in [2.45, 2.75) is 6.54 Å².